The Bertz CT molecular complexity index is 1080. The predicted octanol–water partition coefficient (Wildman–Crippen LogP) is 2.11. The summed E-state index contributed by atoms with van der Waals surface area (Å²) in [5, 5.41) is 19.8. The standard InChI is InChI=1S/C28H28B2O4/c31-27-9-3-1-7-25(27)29-21-11-15-23(16-12-21)33-19-5-6-20-34-24-17-13-22(14-18-24)30-26-8-2-4-10-28(26)32/h1-4,7-18,29-32H,5-6,19-20H2. The Morgan fingerprint density at radius 2 is 0.882 bits per heavy atom. The smallest absolute Gasteiger partial charge is 0.197 e. The number of phenols is 2. The van der Waals surface area contributed by atoms with Crippen LogP contribution in [0.15, 0.2) is 97.1 Å². The molecular weight excluding hydrogens is 422 g/mol. The quantitative estimate of drug-likeness (QED) is 0.272. The van der Waals surface area contributed by atoms with Gasteiger partial charge in [-0.05, 0) is 60.2 Å². The molecule has 2 N–H and O–H groups in total. The zero-order valence-corrected chi connectivity index (χ0v) is 19.2. The number of phenolic OH excluding ortho intramolecular Hbond substituents is 2. The van der Waals surface area contributed by atoms with E-state index in [1.165, 1.54) is 0 Å². The minimum Gasteiger partial charge on any atom is -0.509 e. The first-order valence-corrected chi connectivity index (χ1v) is 11.6. The van der Waals surface area contributed by atoms with E-state index in [-0.39, 0.29) is 0 Å². The van der Waals surface area contributed by atoms with Crippen LogP contribution < -0.4 is 31.3 Å². The first-order valence-electron chi connectivity index (χ1n) is 11.6. The third-order valence-corrected chi connectivity index (χ3v) is 5.70. The molecule has 0 unspecified atom stereocenters. The monoisotopic (exact) mass is 450 g/mol. The summed E-state index contributed by atoms with van der Waals surface area (Å²) in [6.07, 6.45) is 1.82. The lowest BCUT2D eigenvalue weighted by Crippen LogP contribution is -2.26. The highest BCUT2D eigenvalue weighted by atomic mass is 16.5. The zero-order chi connectivity index (χ0) is 23.6. The Morgan fingerprint density at radius 3 is 1.26 bits per heavy atom. The van der Waals surface area contributed by atoms with E-state index in [2.05, 4.69) is 0 Å². The van der Waals surface area contributed by atoms with E-state index in [9.17, 15) is 10.2 Å². The Balaban J connectivity index is 1.13. The number of hydrogen-bond donors (Lipinski definition) is 2. The lowest BCUT2D eigenvalue weighted by Gasteiger charge is -2.09. The van der Waals surface area contributed by atoms with Crippen molar-refractivity contribution in [3.8, 4) is 23.0 Å². The van der Waals surface area contributed by atoms with Crippen LogP contribution in [0.1, 0.15) is 12.8 Å². The van der Waals surface area contributed by atoms with Crippen molar-refractivity contribution in [2.75, 3.05) is 13.2 Å². The van der Waals surface area contributed by atoms with Gasteiger partial charge in [-0.2, -0.15) is 0 Å². The van der Waals surface area contributed by atoms with Gasteiger partial charge in [-0.15, -0.1) is 0 Å². The average Bonchev–Trinajstić information content (AvgIpc) is 2.86. The second-order valence-electron chi connectivity index (χ2n) is 8.30. The fourth-order valence-electron chi connectivity index (χ4n) is 3.75. The van der Waals surface area contributed by atoms with E-state index >= 15 is 0 Å². The second-order valence-corrected chi connectivity index (χ2v) is 8.30. The van der Waals surface area contributed by atoms with Crippen molar-refractivity contribution in [2.24, 2.45) is 0 Å². The van der Waals surface area contributed by atoms with Crippen molar-refractivity contribution in [2.45, 2.75) is 12.8 Å². The maximum atomic E-state index is 9.92. The summed E-state index contributed by atoms with van der Waals surface area (Å²) in [7, 11) is 1.39. The lowest BCUT2D eigenvalue weighted by atomic mass is 9.63. The van der Waals surface area contributed by atoms with Crippen molar-refractivity contribution >= 4 is 36.4 Å². The molecule has 0 radical (unpaired) electrons. The summed E-state index contributed by atoms with van der Waals surface area (Å²) in [5.74, 6) is 2.35. The van der Waals surface area contributed by atoms with Gasteiger partial charge in [0.15, 0.2) is 14.6 Å². The van der Waals surface area contributed by atoms with Crippen molar-refractivity contribution in [1.29, 1.82) is 0 Å². The van der Waals surface area contributed by atoms with E-state index < -0.39 is 0 Å². The molecular formula is C28H28B2O4. The summed E-state index contributed by atoms with van der Waals surface area (Å²) >= 11 is 0. The molecule has 6 heteroatoms. The Morgan fingerprint density at radius 1 is 0.500 bits per heavy atom. The van der Waals surface area contributed by atoms with Gasteiger partial charge in [0.2, 0.25) is 0 Å². The topological polar surface area (TPSA) is 58.9 Å². The van der Waals surface area contributed by atoms with Crippen LogP contribution in [0.2, 0.25) is 0 Å². The molecule has 0 bridgehead atoms. The van der Waals surface area contributed by atoms with Crippen LogP contribution in [0.25, 0.3) is 0 Å². The molecule has 0 amide bonds. The number of ether oxygens (including phenoxy) is 2. The van der Waals surface area contributed by atoms with E-state index in [4.69, 9.17) is 9.47 Å². The van der Waals surface area contributed by atoms with Crippen molar-refractivity contribution in [3.63, 3.8) is 0 Å². The molecule has 0 aliphatic rings. The molecule has 0 saturated carbocycles. The normalized spacial score (nSPS) is 10.5. The van der Waals surface area contributed by atoms with E-state index in [0.717, 1.165) is 46.2 Å². The highest BCUT2D eigenvalue weighted by molar-refractivity contribution is 6.68. The van der Waals surface area contributed by atoms with Gasteiger partial charge in [-0.25, -0.2) is 0 Å². The Kier molecular flexibility index (Phi) is 8.18. The number of aromatic hydroxyl groups is 2. The highest BCUT2D eigenvalue weighted by Gasteiger charge is 2.05. The van der Waals surface area contributed by atoms with Gasteiger partial charge in [-0.1, -0.05) is 71.6 Å². The number of rotatable bonds is 11. The number of para-hydroxylation sites is 2. The van der Waals surface area contributed by atoms with Gasteiger partial charge in [-0.3, -0.25) is 0 Å². The minimum absolute atomic E-state index is 0.327. The molecule has 0 aliphatic heterocycles. The number of unbranched alkanes of at least 4 members (excludes halogenated alkanes) is 1. The molecule has 0 aliphatic carbocycles. The summed E-state index contributed by atoms with van der Waals surface area (Å²) < 4.78 is 11.7. The summed E-state index contributed by atoms with van der Waals surface area (Å²) in [5.41, 5.74) is 4.10. The van der Waals surface area contributed by atoms with E-state index in [1.807, 2.05) is 84.9 Å². The van der Waals surface area contributed by atoms with Gasteiger partial charge < -0.3 is 19.7 Å². The molecule has 0 aromatic heterocycles. The van der Waals surface area contributed by atoms with Crippen molar-refractivity contribution in [1.82, 2.24) is 0 Å². The van der Waals surface area contributed by atoms with Gasteiger partial charge in [0.05, 0.1) is 13.2 Å². The third kappa shape index (κ3) is 6.85. The predicted molar refractivity (Wildman–Crippen MR) is 142 cm³/mol. The zero-order valence-electron chi connectivity index (χ0n) is 19.2. The van der Waals surface area contributed by atoms with E-state index in [0.29, 0.717) is 39.3 Å². The molecule has 4 aromatic rings. The van der Waals surface area contributed by atoms with Gasteiger partial charge in [0.25, 0.3) is 0 Å². The summed E-state index contributed by atoms with van der Waals surface area (Å²) in [6.45, 7) is 1.28. The molecule has 0 saturated heterocycles. The fourth-order valence-corrected chi connectivity index (χ4v) is 3.75. The van der Waals surface area contributed by atoms with Crippen molar-refractivity contribution in [3.05, 3.63) is 97.1 Å². The van der Waals surface area contributed by atoms with Crippen LogP contribution in [0.5, 0.6) is 23.0 Å². The van der Waals surface area contributed by atoms with Crippen LogP contribution in [0.3, 0.4) is 0 Å². The maximum absolute atomic E-state index is 9.92. The molecule has 0 fully saturated rings. The lowest BCUT2D eigenvalue weighted by molar-refractivity contribution is 0.266. The van der Waals surface area contributed by atoms with Crippen LogP contribution in [-0.4, -0.2) is 38.0 Å². The molecule has 4 rings (SSSR count). The summed E-state index contributed by atoms with van der Waals surface area (Å²) in [4.78, 5) is 0. The molecule has 0 spiro atoms. The summed E-state index contributed by atoms with van der Waals surface area (Å²) in [6, 6.07) is 30.9. The van der Waals surface area contributed by atoms with E-state index in [1.54, 1.807) is 12.1 Å². The number of hydrogen-bond acceptors (Lipinski definition) is 4. The maximum Gasteiger partial charge on any atom is 0.197 e. The first-order chi connectivity index (χ1) is 16.7. The van der Waals surface area contributed by atoms with Gasteiger partial charge >= 0.3 is 0 Å². The number of benzene rings is 4. The third-order valence-electron chi connectivity index (χ3n) is 5.70. The highest BCUT2D eigenvalue weighted by Crippen LogP contribution is 2.11. The second kappa shape index (κ2) is 11.9. The Hall–Kier alpha value is -3.79. The van der Waals surface area contributed by atoms with Gasteiger partial charge in [0, 0.05) is 0 Å². The van der Waals surface area contributed by atoms with Gasteiger partial charge in [0.1, 0.15) is 23.0 Å². The fraction of sp³-hybridized carbons (Fsp3) is 0.143. The first kappa shape index (κ1) is 23.4. The van der Waals surface area contributed by atoms with Crippen LogP contribution in [-0.2, 0) is 0 Å². The molecule has 4 aromatic carbocycles. The Labute approximate surface area is 202 Å². The minimum atomic E-state index is 0.327. The largest absolute Gasteiger partial charge is 0.509 e. The molecule has 0 atom stereocenters. The van der Waals surface area contributed by atoms with Crippen LogP contribution in [0.4, 0.5) is 0 Å². The molecule has 4 nitrogen and oxygen atoms in total. The SMILES string of the molecule is Oc1ccccc1Bc1ccc(OCCCCOc2ccc(Bc3ccccc3O)cc2)cc1. The van der Waals surface area contributed by atoms with Crippen LogP contribution >= 0.6 is 0 Å². The van der Waals surface area contributed by atoms with Crippen molar-refractivity contribution < 1.29 is 19.7 Å². The van der Waals surface area contributed by atoms with Crippen LogP contribution in [0, 0.1) is 0 Å². The molecule has 170 valence electrons. The average molecular weight is 450 g/mol. The molecule has 0 heterocycles. The molecule has 34 heavy (non-hydrogen) atoms.